The lowest BCUT2D eigenvalue weighted by atomic mass is 10.00. The second-order valence-corrected chi connectivity index (χ2v) is 8.62. The van der Waals surface area contributed by atoms with Crippen LogP contribution in [0.1, 0.15) is 16.7 Å². The van der Waals surface area contributed by atoms with Gasteiger partial charge in [-0.1, -0.05) is 57.9 Å². The number of imide groups is 2. The average molecular weight is 544 g/mol. The van der Waals surface area contributed by atoms with Crippen molar-refractivity contribution in [3.8, 4) is 5.75 Å². The third-order valence-electron chi connectivity index (χ3n) is 5.23. The Morgan fingerprint density at radius 1 is 1.09 bits per heavy atom. The van der Waals surface area contributed by atoms with Crippen LogP contribution >= 0.6 is 27.5 Å². The van der Waals surface area contributed by atoms with Crippen LogP contribution in [-0.4, -0.2) is 25.0 Å². The molecule has 3 aromatic rings. The zero-order chi connectivity index (χ0) is 24.4. The average Bonchev–Trinajstić information content (AvgIpc) is 2.80. The minimum atomic E-state index is -0.890. The molecule has 4 amide bonds. The molecular weight excluding hydrogens is 527 g/mol. The summed E-state index contributed by atoms with van der Waals surface area (Å²) in [6, 6.07) is 15.2. The Morgan fingerprint density at radius 3 is 2.50 bits per heavy atom. The van der Waals surface area contributed by atoms with Crippen LogP contribution in [0.25, 0.3) is 6.08 Å². The second-order valence-electron chi connectivity index (χ2n) is 7.36. The van der Waals surface area contributed by atoms with E-state index in [-0.39, 0.29) is 28.5 Å². The molecule has 9 heteroatoms. The number of amides is 4. The molecule has 0 spiro atoms. The largest absolute Gasteiger partial charge is 0.496 e. The molecular formula is C25H17BrClFN2O4. The van der Waals surface area contributed by atoms with Crippen LogP contribution in [0.15, 0.2) is 70.7 Å². The number of hydrogen-bond donors (Lipinski definition) is 1. The first-order valence-electron chi connectivity index (χ1n) is 10.1. The maximum atomic E-state index is 14.2. The van der Waals surface area contributed by atoms with Crippen molar-refractivity contribution in [1.29, 1.82) is 0 Å². The monoisotopic (exact) mass is 542 g/mol. The fourth-order valence-electron chi connectivity index (χ4n) is 3.58. The van der Waals surface area contributed by atoms with E-state index < -0.39 is 17.8 Å². The molecule has 1 saturated heterocycles. The van der Waals surface area contributed by atoms with Gasteiger partial charge in [0.15, 0.2) is 0 Å². The van der Waals surface area contributed by atoms with Crippen molar-refractivity contribution in [2.75, 3.05) is 12.0 Å². The highest BCUT2D eigenvalue weighted by Crippen LogP contribution is 2.33. The predicted molar refractivity (Wildman–Crippen MR) is 130 cm³/mol. The smallest absolute Gasteiger partial charge is 0.335 e. The molecule has 0 atom stereocenters. The zero-order valence-electron chi connectivity index (χ0n) is 17.8. The molecule has 1 fully saturated rings. The SMILES string of the molecule is COc1cc(/C=C2\C(=O)NC(=O)N(c3ccccc3Cl)C2=O)cc(Br)c1Cc1ccccc1F. The minimum absolute atomic E-state index is 0.157. The van der Waals surface area contributed by atoms with Crippen molar-refractivity contribution < 1.29 is 23.5 Å². The number of nitrogens with one attached hydrogen (secondary N) is 1. The standard InChI is InChI=1S/C25H17BrClFN2O4/c1-34-22-12-14(11-18(26)16(22)13-15-6-2-4-8-20(15)28)10-17-23(31)29-25(33)30(24(17)32)21-9-5-3-7-19(21)27/h2-12H,13H2,1H3,(H,29,31,33)/b17-10+. The number of barbiturate groups is 1. The molecule has 6 nitrogen and oxygen atoms in total. The summed E-state index contributed by atoms with van der Waals surface area (Å²) < 4.78 is 20.3. The van der Waals surface area contributed by atoms with Crippen molar-refractivity contribution in [2.45, 2.75) is 6.42 Å². The van der Waals surface area contributed by atoms with Gasteiger partial charge < -0.3 is 4.74 Å². The second kappa shape index (κ2) is 9.79. The van der Waals surface area contributed by atoms with Gasteiger partial charge in [0, 0.05) is 16.5 Å². The van der Waals surface area contributed by atoms with E-state index >= 15 is 0 Å². The lowest BCUT2D eigenvalue weighted by molar-refractivity contribution is -0.122. The number of methoxy groups -OCH3 is 1. The summed E-state index contributed by atoms with van der Waals surface area (Å²) in [7, 11) is 1.47. The van der Waals surface area contributed by atoms with E-state index in [4.69, 9.17) is 16.3 Å². The molecule has 1 N–H and O–H groups in total. The number of anilines is 1. The summed E-state index contributed by atoms with van der Waals surface area (Å²) in [5.41, 5.74) is 1.55. The Hall–Kier alpha value is -3.49. The number of para-hydroxylation sites is 1. The van der Waals surface area contributed by atoms with Crippen LogP contribution < -0.4 is 15.0 Å². The van der Waals surface area contributed by atoms with Crippen molar-refractivity contribution in [1.82, 2.24) is 5.32 Å². The van der Waals surface area contributed by atoms with Crippen LogP contribution in [0, 0.1) is 5.82 Å². The van der Waals surface area contributed by atoms with Crippen molar-refractivity contribution in [2.24, 2.45) is 0 Å². The van der Waals surface area contributed by atoms with E-state index in [2.05, 4.69) is 21.2 Å². The molecule has 0 aliphatic carbocycles. The number of carbonyl (C=O) groups is 3. The summed E-state index contributed by atoms with van der Waals surface area (Å²) in [5, 5.41) is 2.35. The molecule has 0 radical (unpaired) electrons. The number of hydrogen-bond acceptors (Lipinski definition) is 4. The molecule has 0 unspecified atom stereocenters. The van der Waals surface area contributed by atoms with Crippen molar-refractivity contribution in [3.05, 3.63) is 98.2 Å². The van der Waals surface area contributed by atoms with Gasteiger partial charge in [-0.25, -0.2) is 14.1 Å². The molecule has 4 rings (SSSR count). The number of carbonyl (C=O) groups excluding carboxylic acids is 3. The Kier molecular flexibility index (Phi) is 6.81. The van der Waals surface area contributed by atoms with Crippen LogP contribution in [-0.2, 0) is 16.0 Å². The van der Waals surface area contributed by atoms with E-state index in [0.717, 1.165) is 4.90 Å². The number of ether oxygens (including phenoxy) is 1. The number of nitrogens with zero attached hydrogens (tertiary/aromatic N) is 1. The van der Waals surface area contributed by atoms with Gasteiger partial charge in [0.2, 0.25) is 0 Å². The molecule has 1 aliphatic heterocycles. The summed E-state index contributed by atoms with van der Waals surface area (Å²) in [6.45, 7) is 0. The summed E-state index contributed by atoms with van der Waals surface area (Å²) in [5.74, 6) is -1.54. The highest BCUT2D eigenvalue weighted by Gasteiger charge is 2.37. The fraction of sp³-hybridized carbons (Fsp3) is 0.0800. The maximum Gasteiger partial charge on any atom is 0.335 e. The normalized spacial score (nSPS) is 15.0. The fourth-order valence-corrected chi connectivity index (χ4v) is 4.40. The lowest BCUT2D eigenvalue weighted by Gasteiger charge is -2.27. The quantitative estimate of drug-likeness (QED) is 0.340. The van der Waals surface area contributed by atoms with Gasteiger partial charge in [0.1, 0.15) is 17.1 Å². The van der Waals surface area contributed by atoms with Gasteiger partial charge in [-0.05, 0) is 47.5 Å². The molecule has 0 saturated carbocycles. The third-order valence-corrected chi connectivity index (χ3v) is 6.26. The van der Waals surface area contributed by atoms with Crippen LogP contribution in [0.5, 0.6) is 5.75 Å². The van der Waals surface area contributed by atoms with E-state index in [0.29, 0.717) is 26.9 Å². The summed E-state index contributed by atoms with van der Waals surface area (Å²) >= 11 is 9.64. The Labute approximate surface area is 208 Å². The van der Waals surface area contributed by atoms with Gasteiger partial charge in [-0.3, -0.25) is 14.9 Å². The molecule has 172 valence electrons. The molecule has 0 bridgehead atoms. The molecule has 34 heavy (non-hydrogen) atoms. The van der Waals surface area contributed by atoms with E-state index in [9.17, 15) is 18.8 Å². The van der Waals surface area contributed by atoms with Gasteiger partial charge in [0.05, 0.1) is 17.8 Å². The Bertz CT molecular complexity index is 1360. The summed E-state index contributed by atoms with van der Waals surface area (Å²) in [4.78, 5) is 38.8. The van der Waals surface area contributed by atoms with Gasteiger partial charge in [-0.2, -0.15) is 0 Å². The zero-order valence-corrected chi connectivity index (χ0v) is 20.1. The number of halogens is 3. The minimum Gasteiger partial charge on any atom is -0.496 e. The van der Waals surface area contributed by atoms with Crippen LogP contribution in [0.4, 0.5) is 14.9 Å². The first-order chi connectivity index (χ1) is 16.3. The number of rotatable bonds is 5. The van der Waals surface area contributed by atoms with E-state index in [1.54, 1.807) is 42.5 Å². The topological polar surface area (TPSA) is 75.7 Å². The van der Waals surface area contributed by atoms with E-state index in [1.165, 1.54) is 31.4 Å². The first kappa shape index (κ1) is 23.7. The molecule has 1 aliphatic rings. The lowest BCUT2D eigenvalue weighted by Crippen LogP contribution is -2.54. The predicted octanol–water partition coefficient (Wildman–Crippen LogP) is 5.51. The third kappa shape index (κ3) is 4.60. The van der Waals surface area contributed by atoms with Gasteiger partial charge >= 0.3 is 6.03 Å². The van der Waals surface area contributed by atoms with Crippen LogP contribution in [0.3, 0.4) is 0 Å². The van der Waals surface area contributed by atoms with Gasteiger partial charge in [0.25, 0.3) is 11.8 Å². The van der Waals surface area contributed by atoms with E-state index in [1.807, 2.05) is 0 Å². The maximum absolute atomic E-state index is 14.2. The highest BCUT2D eigenvalue weighted by molar-refractivity contribution is 9.10. The molecule has 3 aromatic carbocycles. The van der Waals surface area contributed by atoms with Crippen molar-refractivity contribution >= 4 is 57.1 Å². The number of benzene rings is 3. The molecule has 0 aromatic heterocycles. The Balaban J connectivity index is 1.73. The summed E-state index contributed by atoms with van der Waals surface area (Å²) in [6.07, 6.45) is 1.62. The van der Waals surface area contributed by atoms with Crippen molar-refractivity contribution in [3.63, 3.8) is 0 Å². The first-order valence-corrected chi connectivity index (χ1v) is 11.2. The number of urea groups is 1. The van der Waals surface area contributed by atoms with Crippen LogP contribution in [0.2, 0.25) is 5.02 Å². The highest BCUT2D eigenvalue weighted by atomic mass is 79.9. The Morgan fingerprint density at radius 2 is 1.79 bits per heavy atom. The molecule has 1 heterocycles. The van der Waals surface area contributed by atoms with Gasteiger partial charge in [-0.15, -0.1) is 0 Å².